The summed E-state index contributed by atoms with van der Waals surface area (Å²) in [6.07, 6.45) is 6.25. The lowest BCUT2D eigenvalue weighted by molar-refractivity contribution is -0.116. The number of H-pyrrole nitrogens is 1. The average Bonchev–Trinajstić information content (AvgIpc) is 3.29. The number of anilines is 1. The Morgan fingerprint density at radius 1 is 1.16 bits per heavy atom. The molecule has 25 heavy (non-hydrogen) atoms. The van der Waals surface area contributed by atoms with Gasteiger partial charge in [0.25, 0.3) is 0 Å². The second-order valence-electron chi connectivity index (χ2n) is 5.77. The number of aromatic amines is 1. The largest absolute Gasteiger partial charge is 0.342 e. The van der Waals surface area contributed by atoms with E-state index in [2.05, 4.69) is 20.3 Å². The molecule has 2 aromatic heterocycles. The molecule has 2 heterocycles. The Balaban J connectivity index is 1.39. The normalized spacial score (nSPS) is 10.9. The molecule has 0 saturated carbocycles. The van der Waals surface area contributed by atoms with Crippen LogP contribution in [-0.4, -0.2) is 25.4 Å². The molecular weight excluding hydrogens is 314 g/mol. The van der Waals surface area contributed by atoms with Crippen LogP contribution < -0.4 is 5.32 Å². The highest BCUT2D eigenvalue weighted by molar-refractivity contribution is 5.91. The zero-order chi connectivity index (χ0) is 17.1. The van der Waals surface area contributed by atoms with Crippen molar-refractivity contribution in [3.8, 4) is 5.69 Å². The molecule has 4 aromatic rings. The van der Waals surface area contributed by atoms with E-state index < -0.39 is 0 Å². The van der Waals surface area contributed by atoms with Crippen molar-refractivity contribution in [2.75, 3.05) is 5.32 Å². The Morgan fingerprint density at radius 3 is 2.92 bits per heavy atom. The minimum Gasteiger partial charge on any atom is -0.342 e. The van der Waals surface area contributed by atoms with Crippen LogP contribution in [0, 0.1) is 0 Å². The lowest BCUT2D eigenvalue weighted by Gasteiger charge is -2.07. The van der Waals surface area contributed by atoms with E-state index in [0.29, 0.717) is 12.8 Å². The van der Waals surface area contributed by atoms with E-state index in [1.807, 2.05) is 59.3 Å². The average molecular weight is 331 g/mol. The number of hydrogen-bond acceptors (Lipinski definition) is 3. The molecule has 0 spiro atoms. The fourth-order valence-electron chi connectivity index (χ4n) is 2.74. The fraction of sp³-hybridized carbons (Fsp3) is 0.105. The second kappa shape index (κ2) is 6.60. The van der Waals surface area contributed by atoms with Gasteiger partial charge in [-0.15, -0.1) is 0 Å². The predicted molar refractivity (Wildman–Crippen MR) is 96.6 cm³/mol. The van der Waals surface area contributed by atoms with Crippen LogP contribution in [0.1, 0.15) is 12.2 Å². The quantitative estimate of drug-likeness (QED) is 0.589. The first kappa shape index (κ1) is 15.1. The second-order valence-corrected chi connectivity index (χ2v) is 5.77. The van der Waals surface area contributed by atoms with Crippen LogP contribution in [0.25, 0.3) is 16.7 Å². The van der Waals surface area contributed by atoms with E-state index in [1.54, 1.807) is 12.5 Å². The van der Waals surface area contributed by atoms with E-state index in [9.17, 15) is 4.79 Å². The van der Waals surface area contributed by atoms with E-state index in [-0.39, 0.29) is 5.91 Å². The number of nitrogens with zero attached hydrogens (tertiary/aromatic N) is 3. The van der Waals surface area contributed by atoms with Crippen LogP contribution in [0.3, 0.4) is 0 Å². The first-order chi connectivity index (χ1) is 12.3. The lowest BCUT2D eigenvalue weighted by atomic mass is 10.2. The van der Waals surface area contributed by atoms with Gasteiger partial charge in [0.05, 0.1) is 17.4 Å². The molecule has 6 heteroatoms. The van der Waals surface area contributed by atoms with E-state index in [0.717, 1.165) is 28.2 Å². The van der Waals surface area contributed by atoms with Gasteiger partial charge >= 0.3 is 0 Å². The molecule has 1 amide bonds. The third-order valence-corrected chi connectivity index (χ3v) is 3.96. The molecule has 4 rings (SSSR count). The Hall–Kier alpha value is -3.41. The SMILES string of the molecule is O=C(CCc1nc2ccccc2[nH]1)Nc1cccc(-n2ccnc2)c1. The van der Waals surface area contributed by atoms with Crippen molar-refractivity contribution in [3.05, 3.63) is 73.1 Å². The Bertz CT molecular complexity index is 971. The summed E-state index contributed by atoms with van der Waals surface area (Å²) >= 11 is 0. The molecule has 6 nitrogen and oxygen atoms in total. The summed E-state index contributed by atoms with van der Waals surface area (Å²) in [5, 5.41) is 2.93. The molecule has 0 radical (unpaired) electrons. The number of benzene rings is 2. The highest BCUT2D eigenvalue weighted by Gasteiger charge is 2.07. The van der Waals surface area contributed by atoms with Gasteiger partial charge in [-0.1, -0.05) is 18.2 Å². The fourth-order valence-corrected chi connectivity index (χ4v) is 2.74. The number of rotatable bonds is 5. The van der Waals surface area contributed by atoms with Gasteiger partial charge < -0.3 is 14.9 Å². The van der Waals surface area contributed by atoms with Crippen LogP contribution >= 0.6 is 0 Å². The molecule has 0 aliphatic carbocycles. The number of carbonyl (C=O) groups excluding carboxylic acids is 1. The van der Waals surface area contributed by atoms with Crippen LogP contribution in [0.15, 0.2) is 67.3 Å². The van der Waals surface area contributed by atoms with Crippen molar-refractivity contribution in [3.63, 3.8) is 0 Å². The summed E-state index contributed by atoms with van der Waals surface area (Å²) in [4.78, 5) is 24.0. The highest BCUT2D eigenvalue weighted by Crippen LogP contribution is 2.15. The smallest absolute Gasteiger partial charge is 0.224 e. The Kier molecular flexibility index (Phi) is 4.00. The van der Waals surface area contributed by atoms with Gasteiger partial charge in [-0.2, -0.15) is 0 Å². The summed E-state index contributed by atoms with van der Waals surface area (Å²) in [5.74, 6) is 0.784. The number of amides is 1. The number of nitrogens with one attached hydrogen (secondary N) is 2. The highest BCUT2D eigenvalue weighted by atomic mass is 16.1. The molecule has 2 aromatic carbocycles. The van der Waals surface area contributed by atoms with Gasteiger partial charge in [0.15, 0.2) is 0 Å². The first-order valence-corrected chi connectivity index (χ1v) is 8.10. The van der Waals surface area contributed by atoms with Crippen molar-refractivity contribution in [1.82, 2.24) is 19.5 Å². The minimum atomic E-state index is -0.0387. The molecule has 0 aliphatic rings. The van der Waals surface area contributed by atoms with Crippen LogP contribution in [-0.2, 0) is 11.2 Å². The van der Waals surface area contributed by atoms with Crippen LogP contribution in [0.2, 0.25) is 0 Å². The van der Waals surface area contributed by atoms with E-state index in [4.69, 9.17) is 0 Å². The molecule has 0 saturated heterocycles. The standard InChI is InChI=1S/C19H17N5O/c25-19(9-8-18-22-16-6-1-2-7-17(16)23-18)21-14-4-3-5-15(12-14)24-11-10-20-13-24/h1-7,10-13H,8-9H2,(H,21,25)(H,22,23). The lowest BCUT2D eigenvalue weighted by Crippen LogP contribution is -2.12. The number of fused-ring (bicyclic) bond motifs is 1. The van der Waals surface area contributed by atoms with Crippen molar-refractivity contribution < 1.29 is 4.79 Å². The number of hydrogen-bond donors (Lipinski definition) is 2. The van der Waals surface area contributed by atoms with Gasteiger partial charge in [0.1, 0.15) is 5.82 Å². The molecule has 0 fully saturated rings. The third kappa shape index (κ3) is 3.42. The summed E-state index contributed by atoms with van der Waals surface area (Å²) < 4.78 is 1.89. The molecule has 0 aliphatic heterocycles. The first-order valence-electron chi connectivity index (χ1n) is 8.10. The predicted octanol–water partition coefficient (Wildman–Crippen LogP) is 3.32. The number of carbonyl (C=O) groups is 1. The van der Waals surface area contributed by atoms with E-state index in [1.165, 1.54) is 0 Å². The van der Waals surface area contributed by atoms with Crippen molar-refractivity contribution in [2.45, 2.75) is 12.8 Å². The third-order valence-electron chi connectivity index (χ3n) is 3.96. The van der Waals surface area contributed by atoms with Crippen LogP contribution in [0.5, 0.6) is 0 Å². The molecule has 2 N–H and O–H groups in total. The van der Waals surface area contributed by atoms with Gasteiger partial charge in [-0.05, 0) is 30.3 Å². The number of aromatic nitrogens is 4. The maximum atomic E-state index is 12.2. The van der Waals surface area contributed by atoms with Crippen molar-refractivity contribution in [1.29, 1.82) is 0 Å². The summed E-state index contributed by atoms with van der Waals surface area (Å²) in [6.45, 7) is 0. The summed E-state index contributed by atoms with van der Waals surface area (Å²) in [7, 11) is 0. The number of imidazole rings is 2. The molecular formula is C19H17N5O. The Labute approximate surface area is 144 Å². The molecule has 0 unspecified atom stereocenters. The minimum absolute atomic E-state index is 0.0387. The van der Waals surface area contributed by atoms with Gasteiger partial charge in [0.2, 0.25) is 5.91 Å². The van der Waals surface area contributed by atoms with Gasteiger partial charge in [-0.3, -0.25) is 4.79 Å². The monoisotopic (exact) mass is 331 g/mol. The zero-order valence-electron chi connectivity index (χ0n) is 13.5. The maximum Gasteiger partial charge on any atom is 0.224 e. The summed E-state index contributed by atoms with van der Waals surface area (Å²) in [5.41, 5.74) is 3.63. The van der Waals surface area contributed by atoms with E-state index >= 15 is 0 Å². The molecule has 0 bridgehead atoms. The van der Waals surface area contributed by atoms with Crippen molar-refractivity contribution >= 4 is 22.6 Å². The number of aryl methyl sites for hydroxylation is 1. The van der Waals surface area contributed by atoms with Crippen LogP contribution in [0.4, 0.5) is 5.69 Å². The van der Waals surface area contributed by atoms with Gasteiger partial charge in [-0.25, -0.2) is 9.97 Å². The molecule has 0 atom stereocenters. The zero-order valence-corrected chi connectivity index (χ0v) is 13.5. The Morgan fingerprint density at radius 2 is 2.08 bits per heavy atom. The van der Waals surface area contributed by atoms with Gasteiger partial charge in [0, 0.05) is 36.6 Å². The maximum absolute atomic E-state index is 12.2. The molecule has 124 valence electrons. The van der Waals surface area contributed by atoms with Crippen molar-refractivity contribution in [2.24, 2.45) is 0 Å². The topological polar surface area (TPSA) is 75.6 Å². The summed E-state index contributed by atoms with van der Waals surface area (Å²) in [6, 6.07) is 15.5. The number of para-hydroxylation sites is 2.